The molecule has 10 nitrogen and oxygen atoms in total. The first-order chi connectivity index (χ1) is 19.7. The Hall–Kier alpha value is -4.06. The Labute approximate surface area is 239 Å². The van der Waals surface area contributed by atoms with Gasteiger partial charge in [-0.15, -0.1) is 0 Å². The van der Waals surface area contributed by atoms with Crippen LogP contribution in [-0.2, 0) is 16.6 Å². The Kier molecular flexibility index (Phi) is 8.48. The molecule has 0 radical (unpaired) electrons. The van der Waals surface area contributed by atoms with Gasteiger partial charge >= 0.3 is 0 Å². The fourth-order valence-electron chi connectivity index (χ4n) is 4.61. The Bertz CT molecular complexity index is 1830. The summed E-state index contributed by atoms with van der Waals surface area (Å²) in [6.45, 7) is 4.10. The maximum atomic E-state index is 13.3. The highest BCUT2D eigenvalue weighted by molar-refractivity contribution is 7.89. The number of aromatic amines is 1. The molecule has 214 valence electrons. The molecule has 0 bridgehead atoms. The number of hydrogen-bond acceptors (Lipinski definition) is 7. The Morgan fingerprint density at radius 1 is 1.05 bits per heavy atom. The molecule has 2 N–H and O–H groups in total. The van der Waals surface area contributed by atoms with Crippen molar-refractivity contribution in [1.29, 1.82) is 0 Å². The van der Waals surface area contributed by atoms with Crippen molar-refractivity contribution >= 4 is 32.0 Å². The largest absolute Gasteiger partial charge is 0.493 e. The first-order valence-electron chi connectivity index (χ1n) is 13.6. The van der Waals surface area contributed by atoms with E-state index < -0.39 is 10.0 Å². The molecule has 2 aromatic heterocycles. The number of sulfonamides is 1. The number of aromatic nitrogens is 4. The van der Waals surface area contributed by atoms with Crippen LogP contribution in [0.4, 0.5) is 0 Å². The minimum absolute atomic E-state index is 0.0686. The van der Waals surface area contributed by atoms with E-state index in [-0.39, 0.29) is 16.3 Å². The van der Waals surface area contributed by atoms with E-state index in [1.807, 2.05) is 60.8 Å². The molecule has 5 rings (SSSR count). The van der Waals surface area contributed by atoms with E-state index >= 15 is 0 Å². The highest BCUT2D eigenvalue weighted by Crippen LogP contribution is 2.31. The molecule has 11 heteroatoms. The van der Waals surface area contributed by atoms with Gasteiger partial charge in [-0.2, -0.15) is 0 Å². The van der Waals surface area contributed by atoms with E-state index in [1.54, 1.807) is 24.5 Å². The molecule has 2 heterocycles. The number of H-pyrrole nitrogens is 1. The van der Waals surface area contributed by atoms with Crippen molar-refractivity contribution in [3.63, 3.8) is 0 Å². The molecule has 0 unspecified atom stereocenters. The van der Waals surface area contributed by atoms with Gasteiger partial charge in [0.2, 0.25) is 10.0 Å². The molecule has 0 atom stereocenters. The monoisotopic (exact) mass is 574 g/mol. The third-order valence-electron chi connectivity index (χ3n) is 6.70. The standard InChI is InChI=1S/C30H34N6O4S/c1-4-15-40-28-12-11-22(41(38,39)32-13-8-14-35(2)3)16-24(28)29-33-25-18-26-27(17-23(25)30(37)34-29)36(20-31-26)19-21-9-6-5-7-10-21/h5-7,9-12,16-18,20,32H,4,8,13-15,19H2,1-3H3,(H,33,34,37). The van der Waals surface area contributed by atoms with E-state index in [2.05, 4.69) is 14.7 Å². The summed E-state index contributed by atoms with van der Waals surface area (Å²) in [6.07, 6.45) is 3.19. The number of rotatable bonds is 12. The van der Waals surface area contributed by atoms with Crippen LogP contribution in [0.3, 0.4) is 0 Å². The van der Waals surface area contributed by atoms with E-state index in [4.69, 9.17) is 9.72 Å². The summed E-state index contributed by atoms with van der Waals surface area (Å²) >= 11 is 0. The first kappa shape index (κ1) is 28.5. The molecular formula is C30H34N6O4S. The lowest BCUT2D eigenvalue weighted by Crippen LogP contribution is -2.27. The predicted molar refractivity (Wildman–Crippen MR) is 161 cm³/mol. The predicted octanol–water partition coefficient (Wildman–Crippen LogP) is 4.01. The van der Waals surface area contributed by atoms with Gasteiger partial charge in [0.1, 0.15) is 11.6 Å². The fraction of sp³-hybridized carbons (Fsp3) is 0.300. The number of benzene rings is 3. The van der Waals surface area contributed by atoms with Crippen LogP contribution in [0, 0.1) is 0 Å². The van der Waals surface area contributed by atoms with Gasteiger partial charge in [0.05, 0.1) is 45.3 Å². The van der Waals surface area contributed by atoms with Gasteiger partial charge in [-0.05, 0) is 69.4 Å². The zero-order chi connectivity index (χ0) is 29.0. The maximum absolute atomic E-state index is 13.3. The van der Waals surface area contributed by atoms with Crippen molar-refractivity contribution < 1.29 is 13.2 Å². The van der Waals surface area contributed by atoms with Crippen molar-refractivity contribution in [3.8, 4) is 17.1 Å². The van der Waals surface area contributed by atoms with Crippen LogP contribution in [-0.4, -0.2) is 66.6 Å². The van der Waals surface area contributed by atoms with Crippen LogP contribution in [0.2, 0.25) is 0 Å². The summed E-state index contributed by atoms with van der Waals surface area (Å²) in [4.78, 5) is 27.5. The van der Waals surface area contributed by atoms with Gasteiger partial charge < -0.3 is 19.2 Å². The normalized spacial score (nSPS) is 12.0. The molecule has 0 aliphatic carbocycles. The van der Waals surface area contributed by atoms with Gasteiger partial charge in [0, 0.05) is 13.1 Å². The van der Waals surface area contributed by atoms with Gasteiger partial charge in [-0.3, -0.25) is 4.79 Å². The summed E-state index contributed by atoms with van der Waals surface area (Å²) in [7, 11) is 0.0908. The molecular weight excluding hydrogens is 540 g/mol. The SMILES string of the molecule is CCCOc1ccc(S(=O)(=O)NCCCN(C)C)cc1-c1nc2cc3ncn(Cc4ccccc4)c3cc2c(=O)[nH]1. The van der Waals surface area contributed by atoms with Crippen molar-refractivity contribution in [1.82, 2.24) is 29.1 Å². The molecule has 0 amide bonds. The van der Waals surface area contributed by atoms with Crippen LogP contribution >= 0.6 is 0 Å². The lowest BCUT2D eigenvalue weighted by atomic mass is 10.1. The highest BCUT2D eigenvalue weighted by Gasteiger charge is 2.20. The van der Waals surface area contributed by atoms with Crippen molar-refractivity contribution in [3.05, 3.63) is 82.9 Å². The summed E-state index contributed by atoms with van der Waals surface area (Å²) < 4.78 is 36.7. The quantitative estimate of drug-likeness (QED) is 0.216. The molecule has 0 saturated heterocycles. The molecule has 0 aliphatic rings. The van der Waals surface area contributed by atoms with Crippen LogP contribution in [0.5, 0.6) is 5.75 Å². The zero-order valence-electron chi connectivity index (χ0n) is 23.4. The van der Waals surface area contributed by atoms with E-state index in [0.717, 1.165) is 24.0 Å². The summed E-state index contributed by atoms with van der Waals surface area (Å²) in [6, 6.07) is 18.2. The summed E-state index contributed by atoms with van der Waals surface area (Å²) in [5.74, 6) is 0.662. The van der Waals surface area contributed by atoms with Crippen LogP contribution in [0.25, 0.3) is 33.3 Å². The van der Waals surface area contributed by atoms with E-state index in [9.17, 15) is 13.2 Å². The molecule has 0 aliphatic heterocycles. The van der Waals surface area contributed by atoms with Gasteiger partial charge in [-0.1, -0.05) is 37.3 Å². The molecule has 0 fully saturated rings. The van der Waals surface area contributed by atoms with Crippen molar-refractivity contribution in [2.24, 2.45) is 0 Å². The smallest absolute Gasteiger partial charge is 0.259 e. The topological polar surface area (TPSA) is 122 Å². The molecule has 3 aromatic carbocycles. The van der Waals surface area contributed by atoms with Crippen LogP contribution in [0.1, 0.15) is 25.3 Å². The lowest BCUT2D eigenvalue weighted by Gasteiger charge is -2.14. The summed E-state index contributed by atoms with van der Waals surface area (Å²) in [5, 5.41) is 0.415. The van der Waals surface area contributed by atoms with Crippen LogP contribution in [0.15, 0.2) is 76.7 Å². The van der Waals surface area contributed by atoms with Gasteiger partial charge in [-0.25, -0.2) is 23.1 Å². The fourth-order valence-corrected chi connectivity index (χ4v) is 5.71. The number of nitrogens with zero attached hydrogens (tertiary/aromatic N) is 4. The second-order valence-electron chi connectivity index (χ2n) is 10.2. The minimum atomic E-state index is -3.79. The number of ether oxygens (including phenoxy) is 1. The van der Waals surface area contributed by atoms with Gasteiger partial charge in [0.25, 0.3) is 5.56 Å². The van der Waals surface area contributed by atoms with Crippen LogP contribution < -0.4 is 15.0 Å². The second-order valence-corrected chi connectivity index (χ2v) is 12.0. The maximum Gasteiger partial charge on any atom is 0.259 e. The van der Waals surface area contributed by atoms with E-state index in [1.165, 1.54) is 12.1 Å². The Morgan fingerprint density at radius 3 is 2.61 bits per heavy atom. The van der Waals surface area contributed by atoms with Gasteiger partial charge in [0.15, 0.2) is 0 Å². The average Bonchev–Trinajstić information content (AvgIpc) is 3.34. The average molecular weight is 575 g/mol. The Balaban J connectivity index is 1.53. The first-order valence-corrected chi connectivity index (χ1v) is 15.1. The molecule has 5 aromatic rings. The van der Waals surface area contributed by atoms with Crippen molar-refractivity contribution in [2.75, 3.05) is 33.8 Å². The number of nitrogens with one attached hydrogen (secondary N) is 2. The number of hydrogen-bond donors (Lipinski definition) is 2. The molecule has 0 saturated carbocycles. The number of fused-ring (bicyclic) bond motifs is 2. The zero-order valence-corrected chi connectivity index (χ0v) is 24.2. The third kappa shape index (κ3) is 6.48. The van der Waals surface area contributed by atoms with Crippen molar-refractivity contribution in [2.45, 2.75) is 31.2 Å². The lowest BCUT2D eigenvalue weighted by molar-refractivity contribution is 0.318. The highest BCUT2D eigenvalue weighted by atomic mass is 32.2. The third-order valence-corrected chi connectivity index (χ3v) is 8.15. The van der Waals surface area contributed by atoms with E-state index in [0.29, 0.717) is 53.8 Å². The molecule has 41 heavy (non-hydrogen) atoms. The molecule has 0 spiro atoms. The number of imidazole rings is 1. The summed E-state index contributed by atoms with van der Waals surface area (Å²) in [5.41, 5.74) is 3.16. The minimum Gasteiger partial charge on any atom is -0.493 e. The second kappa shape index (κ2) is 12.2. The Morgan fingerprint density at radius 2 is 1.85 bits per heavy atom.